The van der Waals surface area contributed by atoms with Crippen LogP contribution in [0.2, 0.25) is 35.7 Å². The number of hydrogen-bond acceptors (Lipinski definition) is 4. The van der Waals surface area contributed by atoms with E-state index >= 15 is 0 Å². The summed E-state index contributed by atoms with van der Waals surface area (Å²) in [5.41, 5.74) is 1.32. The summed E-state index contributed by atoms with van der Waals surface area (Å²) in [6, 6.07) is 9.31. The molecule has 0 radical (unpaired) electrons. The quantitative estimate of drug-likeness (QED) is 0.219. The summed E-state index contributed by atoms with van der Waals surface area (Å²) in [7, 11) is -1.15. The van der Waals surface area contributed by atoms with Gasteiger partial charge in [0.05, 0.1) is 27.4 Å². The molecule has 4 aromatic rings. The first-order chi connectivity index (χ1) is 15.2. The molecule has 1 N–H and O–H groups in total. The highest BCUT2D eigenvalue weighted by Gasteiger charge is 2.15. The van der Waals surface area contributed by atoms with Crippen molar-refractivity contribution >= 4 is 53.7 Å². The van der Waals surface area contributed by atoms with Gasteiger partial charge in [0.1, 0.15) is 24.2 Å². The highest BCUT2D eigenvalue weighted by atomic mass is 35.5. The largest absolute Gasteiger partial charge is 0.359 e. The van der Waals surface area contributed by atoms with Crippen LogP contribution in [0.5, 0.6) is 0 Å². The van der Waals surface area contributed by atoms with E-state index in [0.717, 1.165) is 29.4 Å². The number of anilines is 2. The molecule has 0 aliphatic heterocycles. The predicted octanol–water partition coefficient (Wildman–Crippen LogP) is 6.72. The van der Waals surface area contributed by atoms with Crippen LogP contribution >= 0.6 is 23.2 Å². The number of nitrogens with one attached hydrogen (secondary N) is 1. The summed E-state index contributed by atoms with van der Waals surface area (Å²) in [5.74, 6) is 0.945. The Morgan fingerprint density at radius 2 is 1.84 bits per heavy atom. The third-order valence-electron chi connectivity index (χ3n) is 5.02. The lowest BCUT2D eigenvalue weighted by Crippen LogP contribution is -2.22. The van der Waals surface area contributed by atoms with E-state index in [2.05, 4.69) is 35.0 Å². The third-order valence-corrected chi connectivity index (χ3v) is 7.32. The summed E-state index contributed by atoms with van der Waals surface area (Å²) >= 11 is 12.4. The SMILES string of the molecule is C[Si](C)(C)CCOCn1nccc1-n1ccc2c(Nc3c(Cl)cc(F)cc3Cl)nccc21. The topological polar surface area (TPSA) is 56.9 Å². The van der Waals surface area contributed by atoms with E-state index in [1.54, 1.807) is 12.4 Å². The number of fused-ring (bicyclic) bond motifs is 1. The van der Waals surface area contributed by atoms with Crippen LogP contribution in [0.15, 0.2) is 48.9 Å². The van der Waals surface area contributed by atoms with Crippen LogP contribution in [-0.4, -0.2) is 34.0 Å². The second-order valence-electron chi connectivity index (χ2n) is 8.68. The summed E-state index contributed by atoms with van der Waals surface area (Å²) in [5, 5.41) is 8.78. The van der Waals surface area contributed by atoms with E-state index in [1.807, 2.05) is 33.6 Å². The normalized spacial score (nSPS) is 11.9. The molecule has 3 aromatic heterocycles. The molecule has 4 rings (SSSR count). The van der Waals surface area contributed by atoms with Crippen LogP contribution in [0.3, 0.4) is 0 Å². The lowest BCUT2D eigenvalue weighted by atomic mass is 10.2. The second kappa shape index (κ2) is 9.23. The zero-order chi connectivity index (χ0) is 22.9. The molecule has 0 fully saturated rings. The summed E-state index contributed by atoms with van der Waals surface area (Å²) in [6.45, 7) is 8.08. The van der Waals surface area contributed by atoms with Gasteiger partial charge < -0.3 is 14.6 Å². The van der Waals surface area contributed by atoms with Crippen molar-refractivity contribution in [2.24, 2.45) is 0 Å². The molecular formula is C22H24Cl2FN5OSi. The molecule has 3 heterocycles. The van der Waals surface area contributed by atoms with Crippen molar-refractivity contribution in [1.29, 1.82) is 0 Å². The van der Waals surface area contributed by atoms with E-state index in [4.69, 9.17) is 27.9 Å². The van der Waals surface area contributed by atoms with Crippen molar-refractivity contribution < 1.29 is 9.13 Å². The first-order valence-electron chi connectivity index (χ1n) is 10.2. The zero-order valence-corrected chi connectivity index (χ0v) is 20.6. The first-order valence-corrected chi connectivity index (χ1v) is 14.7. The number of ether oxygens (including phenoxy) is 1. The van der Waals surface area contributed by atoms with Crippen LogP contribution in [0.1, 0.15) is 0 Å². The monoisotopic (exact) mass is 491 g/mol. The molecule has 0 spiro atoms. The molecule has 32 heavy (non-hydrogen) atoms. The van der Waals surface area contributed by atoms with Crippen molar-refractivity contribution in [3.8, 4) is 5.82 Å². The van der Waals surface area contributed by atoms with Gasteiger partial charge in [-0.1, -0.05) is 42.8 Å². The molecule has 10 heteroatoms. The molecule has 0 unspecified atom stereocenters. The maximum absolute atomic E-state index is 13.5. The number of halogens is 3. The van der Waals surface area contributed by atoms with Gasteiger partial charge in [0, 0.05) is 38.5 Å². The molecule has 0 aliphatic carbocycles. The predicted molar refractivity (Wildman–Crippen MR) is 131 cm³/mol. The number of benzene rings is 1. The Kier molecular flexibility index (Phi) is 6.57. The summed E-state index contributed by atoms with van der Waals surface area (Å²) in [6.07, 6.45) is 5.39. The molecule has 0 bridgehead atoms. The van der Waals surface area contributed by atoms with Crippen LogP contribution in [0.25, 0.3) is 16.7 Å². The molecule has 0 saturated carbocycles. The van der Waals surface area contributed by atoms with E-state index in [9.17, 15) is 4.39 Å². The number of rotatable bonds is 8. The van der Waals surface area contributed by atoms with Crippen molar-refractivity contribution in [3.63, 3.8) is 0 Å². The van der Waals surface area contributed by atoms with Gasteiger partial charge in [0.2, 0.25) is 0 Å². The number of hydrogen-bond donors (Lipinski definition) is 1. The van der Waals surface area contributed by atoms with Crippen molar-refractivity contribution in [2.45, 2.75) is 32.4 Å². The fourth-order valence-electron chi connectivity index (χ4n) is 3.31. The minimum absolute atomic E-state index is 0.182. The molecule has 0 amide bonds. The van der Waals surface area contributed by atoms with Gasteiger partial charge >= 0.3 is 0 Å². The minimum atomic E-state index is -1.15. The van der Waals surface area contributed by atoms with Crippen LogP contribution in [0.4, 0.5) is 15.9 Å². The van der Waals surface area contributed by atoms with E-state index in [-0.39, 0.29) is 10.0 Å². The summed E-state index contributed by atoms with van der Waals surface area (Å²) < 4.78 is 23.3. The van der Waals surface area contributed by atoms with Crippen LogP contribution < -0.4 is 5.32 Å². The fourth-order valence-corrected chi connectivity index (χ4v) is 4.62. The van der Waals surface area contributed by atoms with Crippen LogP contribution in [-0.2, 0) is 11.5 Å². The molecular weight excluding hydrogens is 468 g/mol. The molecule has 0 saturated heterocycles. The number of aromatic nitrogens is 4. The third kappa shape index (κ3) is 4.99. The maximum Gasteiger partial charge on any atom is 0.141 e. The first kappa shape index (κ1) is 22.8. The highest BCUT2D eigenvalue weighted by molar-refractivity contribution is 6.76. The lowest BCUT2D eigenvalue weighted by molar-refractivity contribution is 0.0785. The Labute approximate surface area is 196 Å². The number of nitrogens with zero attached hydrogens (tertiary/aromatic N) is 4. The summed E-state index contributed by atoms with van der Waals surface area (Å²) in [4.78, 5) is 4.43. The minimum Gasteiger partial charge on any atom is -0.359 e. The average Bonchev–Trinajstić information content (AvgIpc) is 3.34. The van der Waals surface area contributed by atoms with Gasteiger partial charge in [-0.2, -0.15) is 5.10 Å². The Morgan fingerprint density at radius 1 is 1.09 bits per heavy atom. The average molecular weight is 492 g/mol. The highest BCUT2D eigenvalue weighted by Crippen LogP contribution is 2.35. The standard InChI is InChI=1S/C22H24Cl2FN5OSi/c1-32(2,3)11-10-31-14-30-20(5-8-27-30)29-9-6-16-19(29)4-7-26-22(16)28-21-17(23)12-15(25)13-18(21)24/h4-9,12-13H,10-11,14H2,1-3H3,(H,26,28). The van der Waals surface area contributed by atoms with Gasteiger partial charge in [0.15, 0.2) is 0 Å². The van der Waals surface area contributed by atoms with Gasteiger partial charge in [-0.15, -0.1) is 0 Å². The van der Waals surface area contributed by atoms with E-state index < -0.39 is 13.9 Å². The van der Waals surface area contributed by atoms with Gasteiger partial charge in [-0.25, -0.2) is 14.1 Å². The van der Waals surface area contributed by atoms with Crippen molar-refractivity contribution in [3.05, 3.63) is 64.8 Å². The zero-order valence-electron chi connectivity index (χ0n) is 18.1. The van der Waals surface area contributed by atoms with E-state index in [1.165, 1.54) is 12.1 Å². The van der Waals surface area contributed by atoms with Gasteiger partial charge in [-0.3, -0.25) is 0 Å². The maximum atomic E-state index is 13.5. The Bertz CT molecular complexity index is 1230. The van der Waals surface area contributed by atoms with Gasteiger partial charge in [0.25, 0.3) is 0 Å². The van der Waals surface area contributed by atoms with Gasteiger partial charge in [-0.05, 0) is 30.3 Å². The molecule has 1 aromatic carbocycles. The lowest BCUT2D eigenvalue weighted by Gasteiger charge is -2.16. The van der Waals surface area contributed by atoms with Crippen molar-refractivity contribution in [1.82, 2.24) is 19.3 Å². The number of pyridine rings is 1. The van der Waals surface area contributed by atoms with E-state index in [0.29, 0.717) is 18.2 Å². The molecule has 6 nitrogen and oxygen atoms in total. The molecule has 0 aliphatic rings. The fraction of sp³-hybridized carbons (Fsp3) is 0.273. The van der Waals surface area contributed by atoms with Crippen molar-refractivity contribution in [2.75, 3.05) is 11.9 Å². The Balaban J connectivity index is 1.61. The Morgan fingerprint density at radius 3 is 2.56 bits per heavy atom. The molecule has 168 valence electrons. The smallest absolute Gasteiger partial charge is 0.141 e. The second-order valence-corrected chi connectivity index (χ2v) is 15.1. The van der Waals surface area contributed by atoms with Crippen LogP contribution in [0, 0.1) is 5.82 Å². The Hall–Kier alpha value is -2.39. The molecule has 0 atom stereocenters.